The molecule has 8 heteroatoms. The number of hydrogen-bond donors (Lipinski definition) is 2. The van der Waals surface area contributed by atoms with Crippen LogP contribution in [-0.2, 0) is 21.5 Å². The summed E-state index contributed by atoms with van der Waals surface area (Å²) < 4.78 is 31.4. The minimum Gasteiger partial charge on any atom is -0.339 e. The molecule has 1 aromatic rings. The van der Waals surface area contributed by atoms with Gasteiger partial charge in [0.2, 0.25) is 11.4 Å². The van der Waals surface area contributed by atoms with Crippen molar-refractivity contribution in [3.05, 3.63) is 42.4 Å². The lowest BCUT2D eigenvalue weighted by Gasteiger charge is -2.31. The van der Waals surface area contributed by atoms with Crippen molar-refractivity contribution in [2.24, 2.45) is 0 Å². The average Bonchev–Trinajstić information content (AvgIpc) is 2.31. The average molecular weight is 269 g/mol. The highest BCUT2D eigenvalue weighted by atomic mass is 32.2. The topological polar surface area (TPSA) is 99.6 Å². The van der Waals surface area contributed by atoms with E-state index >= 15 is 0 Å². The lowest BCUT2D eigenvalue weighted by molar-refractivity contribution is -0.118. The SMILES string of the molecule is O=C1C=CN(Cc2cccnc2)C(S(=O)(=O)O)N1. The zero-order chi connectivity index (χ0) is 13.2. The van der Waals surface area contributed by atoms with Gasteiger partial charge < -0.3 is 10.2 Å². The lowest BCUT2D eigenvalue weighted by Crippen LogP contribution is -2.52. The van der Waals surface area contributed by atoms with Gasteiger partial charge in [-0.25, -0.2) is 0 Å². The van der Waals surface area contributed by atoms with Gasteiger partial charge in [0.1, 0.15) is 0 Å². The van der Waals surface area contributed by atoms with Crippen molar-refractivity contribution >= 4 is 16.0 Å². The van der Waals surface area contributed by atoms with Gasteiger partial charge in [0.25, 0.3) is 0 Å². The van der Waals surface area contributed by atoms with Crippen LogP contribution in [0.4, 0.5) is 0 Å². The molecule has 0 aliphatic carbocycles. The van der Waals surface area contributed by atoms with Gasteiger partial charge in [0.15, 0.2) is 0 Å². The summed E-state index contributed by atoms with van der Waals surface area (Å²) in [5, 5.41) is 2.17. The molecule has 96 valence electrons. The van der Waals surface area contributed by atoms with Gasteiger partial charge in [-0.1, -0.05) is 6.07 Å². The Labute approximate surface area is 104 Å². The van der Waals surface area contributed by atoms with Crippen molar-refractivity contribution in [2.45, 2.75) is 12.0 Å². The number of nitrogens with one attached hydrogen (secondary N) is 1. The van der Waals surface area contributed by atoms with Gasteiger partial charge in [-0.15, -0.1) is 0 Å². The number of carbonyl (C=O) groups excluding carboxylic acids is 1. The summed E-state index contributed by atoms with van der Waals surface area (Å²) in [5.74, 6) is -0.569. The number of hydrogen-bond acceptors (Lipinski definition) is 5. The Morgan fingerprint density at radius 2 is 2.28 bits per heavy atom. The van der Waals surface area contributed by atoms with Crippen LogP contribution in [0.5, 0.6) is 0 Å². The molecule has 18 heavy (non-hydrogen) atoms. The van der Waals surface area contributed by atoms with E-state index in [4.69, 9.17) is 4.55 Å². The van der Waals surface area contributed by atoms with Crippen LogP contribution in [-0.4, -0.2) is 34.3 Å². The van der Waals surface area contributed by atoms with Crippen molar-refractivity contribution < 1.29 is 17.8 Å². The fourth-order valence-corrected chi connectivity index (χ4v) is 2.33. The molecule has 1 amide bonds. The Balaban J connectivity index is 2.24. The first-order valence-corrected chi connectivity index (χ1v) is 6.57. The lowest BCUT2D eigenvalue weighted by atomic mass is 10.2. The largest absolute Gasteiger partial charge is 0.339 e. The monoisotopic (exact) mass is 269 g/mol. The van der Waals surface area contributed by atoms with E-state index in [9.17, 15) is 13.2 Å². The maximum atomic E-state index is 11.2. The van der Waals surface area contributed by atoms with Crippen LogP contribution >= 0.6 is 0 Å². The molecule has 0 radical (unpaired) electrons. The van der Waals surface area contributed by atoms with E-state index in [0.717, 1.165) is 5.56 Å². The van der Waals surface area contributed by atoms with Crippen molar-refractivity contribution in [1.82, 2.24) is 15.2 Å². The van der Waals surface area contributed by atoms with Crippen LogP contribution in [0, 0.1) is 0 Å². The second kappa shape index (κ2) is 4.75. The Morgan fingerprint density at radius 1 is 1.50 bits per heavy atom. The molecule has 0 saturated heterocycles. The van der Waals surface area contributed by atoms with E-state index in [0.29, 0.717) is 0 Å². The molecule has 0 saturated carbocycles. The normalized spacial score (nSPS) is 19.7. The molecule has 7 nitrogen and oxygen atoms in total. The number of rotatable bonds is 3. The highest BCUT2D eigenvalue weighted by Gasteiger charge is 2.31. The molecule has 1 atom stereocenters. The zero-order valence-corrected chi connectivity index (χ0v) is 10.0. The van der Waals surface area contributed by atoms with Gasteiger partial charge >= 0.3 is 10.1 Å². The quantitative estimate of drug-likeness (QED) is 0.731. The van der Waals surface area contributed by atoms with Crippen LogP contribution in [0.3, 0.4) is 0 Å². The Morgan fingerprint density at radius 3 is 2.89 bits per heavy atom. The summed E-state index contributed by atoms with van der Waals surface area (Å²) in [5.41, 5.74) is -0.720. The standard InChI is InChI=1S/C10H11N3O4S/c14-9-3-5-13(10(12-9)18(15,16)17)7-8-2-1-4-11-6-8/h1-6,10H,7H2,(H,12,14)(H,15,16,17). The summed E-state index contributed by atoms with van der Waals surface area (Å²) in [6.07, 6.45) is 5.69. The third kappa shape index (κ3) is 2.84. The second-order valence-electron chi connectivity index (χ2n) is 3.73. The molecule has 0 spiro atoms. The van der Waals surface area contributed by atoms with E-state index in [1.807, 2.05) is 0 Å². The maximum Gasteiger partial charge on any atom is 0.306 e. The smallest absolute Gasteiger partial charge is 0.306 e. The predicted molar refractivity (Wildman–Crippen MR) is 62.4 cm³/mol. The minimum absolute atomic E-state index is 0.203. The van der Waals surface area contributed by atoms with Crippen LogP contribution in [0.15, 0.2) is 36.8 Å². The second-order valence-corrected chi connectivity index (χ2v) is 5.20. The molecule has 1 aliphatic heterocycles. The predicted octanol–water partition coefficient (Wildman–Crippen LogP) is -0.302. The number of nitrogens with zero attached hydrogens (tertiary/aromatic N) is 2. The number of amides is 1. The number of carbonyl (C=O) groups is 1. The number of aromatic nitrogens is 1. The van der Waals surface area contributed by atoms with Crippen molar-refractivity contribution in [2.75, 3.05) is 0 Å². The Hall–Kier alpha value is -1.93. The number of pyridine rings is 1. The summed E-state index contributed by atoms with van der Waals surface area (Å²) in [6, 6.07) is 3.47. The van der Waals surface area contributed by atoms with Crippen LogP contribution in [0.2, 0.25) is 0 Å². The van der Waals surface area contributed by atoms with Crippen molar-refractivity contribution in [3.8, 4) is 0 Å². The molecule has 0 bridgehead atoms. The summed E-state index contributed by atoms with van der Waals surface area (Å²) in [7, 11) is -4.41. The Bertz CT molecular complexity index is 570. The highest BCUT2D eigenvalue weighted by Crippen LogP contribution is 2.13. The fraction of sp³-hybridized carbons (Fsp3) is 0.200. The molecule has 1 unspecified atom stereocenters. The molecule has 1 aliphatic rings. The van der Waals surface area contributed by atoms with E-state index in [1.165, 1.54) is 17.2 Å². The van der Waals surface area contributed by atoms with E-state index in [1.54, 1.807) is 24.5 Å². The minimum atomic E-state index is -4.41. The summed E-state index contributed by atoms with van der Waals surface area (Å²) >= 11 is 0. The first-order chi connectivity index (χ1) is 8.47. The molecule has 2 heterocycles. The van der Waals surface area contributed by atoms with Gasteiger partial charge in [-0.05, 0) is 11.6 Å². The van der Waals surface area contributed by atoms with E-state index in [-0.39, 0.29) is 6.54 Å². The molecular weight excluding hydrogens is 258 g/mol. The van der Waals surface area contributed by atoms with Gasteiger partial charge in [0, 0.05) is 31.2 Å². The molecular formula is C10H11N3O4S. The molecule has 2 N–H and O–H groups in total. The van der Waals surface area contributed by atoms with Crippen molar-refractivity contribution in [1.29, 1.82) is 0 Å². The zero-order valence-electron chi connectivity index (χ0n) is 9.22. The van der Waals surface area contributed by atoms with Crippen LogP contribution < -0.4 is 5.32 Å². The Kier molecular flexibility index (Phi) is 3.30. The molecule has 0 fully saturated rings. The van der Waals surface area contributed by atoms with Crippen LogP contribution in [0.1, 0.15) is 5.56 Å². The highest BCUT2D eigenvalue weighted by molar-refractivity contribution is 7.86. The van der Waals surface area contributed by atoms with Gasteiger partial charge in [-0.3, -0.25) is 14.3 Å². The third-order valence-corrected chi connectivity index (χ3v) is 3.31. The molecule has 0 aromatic carbocycles. The first-order valence-electron chi connectivity index (χ1n) is 5.06. The molecule has 1 aromatic heterocycles. The van der Waals surface area contributed by atoms with Gasteiger partial charge in [-0.2, -0.15) is 8.42 Å². The van der Waals surface area contributed by atoms with E-state index < -0.39 is 21.5 Å². The summed E-state index contributed by atoms with van der Waals surface area (Å²) in [4.78, 5) is 16.3. The first kappa shape index (κ1) is 12.5. The fourth-order valence-electron chi connectivity index (χ4n) is 1.58. The van der Waals surface area contributed by atoms with E-state index in [2.05, 4.69) is 10.3 Å². The van der Waals surface area contributed by atoms with Crippen molar-refractivity contribution in [3.63, 3.8) is 0 Å². The van der Waals surface area contributed by atoms with Gasteiger partial charge in [0.05, 0.1) is 0 Å². The molecule has 2 rings (SSSR count). The maximum absolute atomic E-state index is 11.2. The summed E-state index contributed by atoms with van der Waals surface area (Å²) in [6.45, 7) is 0.203. The third-order valence-electron chi connectivity index (χ3n) is 2.35. The van der Waals surface area contributed by atoms with Crippen LogP contribution in [0.25, 0.3) is 0 Å².